The number of aliphatic carboxylic acids is 1. The highest BCUT2D eigenvalue weighted by Gasteiger charge is 2.15. The highest BCUT2D eigenvalue weighted by atomic mass is 16.6. The van der Waals surface area contributed by atoms with Crippen molar-refractivity contribution in [1.82, 2.24) is 10.6 Å². The molecule has 1 amide bonds. The van der Waals surface area contributed by atoms with Crippen LogP contribution in [-0.4, -0.2) is 41.9 Å². The summed E-state index contributed by atoms with van der Waals surface area (Å²) >= 11 is 0. The van der Waals surface area contributed by atoms with Gasteiger partial charge in [0.15, 0.2) is 0 Å². The Hall–Kier alpha value is -1.30. The summed E-state index contributed by atoms with van der Waals surface area (Å²) in [4.78, 5) is 21.6. The number of carbonyl (C=O) groups excluding carboxylic acids is 1. The van der Waals surface area contributed by atoms with Crippen LogP contribution in [0.1, 0.15) is 27.7 Å². The predicted octanol–water partition coefficient (Wildman–Crippen LogP) is 0.574. The number of ether oxygens (including phenoxy) is 1. The largest absolute Gasteiger partial charge is 0.480 e. The Morgan fingerprint density at radius 3 is 2.31 bits per heavy atom. The molecule has 0 saturated carbocycles. The summed E-state index contributed by atoms with van der Waals surface area (Å²) < 4.78 is 5.00. The zero-order valence-corrected chi connectivity index (χ0v) is 10.2. The molecule has 0 aliphatic heterocycles. The number of rotatable bonds is 5. The smallest absolute Gasteiger partial charge is 0.407 e. The van der Waals surface area contributed by atoms with Crippen molar-refractivity contribution in [1.29, 1.82) is 0 Å². The predicted molar refractivity (Wildman–Crippen MR) is 59.3 cm³/mol. The maximum absolute atomic E-state index is 11.2. The molecule has 16 heavy (non-hydrogen) atoms. The van der Waals surface area contributed by atoms with E-state index >= 15 is 0 Å². The molecule has 0 radical (unpaired) electrons. The molecule has 0 aliphatic carbocycles. The molecule has 0 aliphatic rings. The lowest BCUT2D eigenvalue weighted by molar-refractivity contribution is -0.138. The van der Waals surface area contributed by atoms with Crippen LogP contribution < -0.4 is 10.6 Å². The van der Waals surface area contributed by atoms with Crippen LogP contribution in [0.5, 0.6) is 0 Å². The number of hydrogen-bond donors (Lipinski definition) is 3. The summed E-state index contributed by atoms with van der Waals surface area (Å²) in [6.07, 6.45) is -0.503. The van der Waals surface area contributed by atoms with Crippen molar-refractivity contribution in [3.63, 3.8) is 0 Å². The van der Waals surface area contributed by atoms with Gasteiger partial charge in [-0.15, -0.1) is 0 Å². The fraction of sp³-hybridized carbons (Fsp3) is 0.800. The molecule has 0 unspecified atom stereocenters. The number of hydrogen-bond acceptors (Lipinski definition) is 4. The summed E-state index contributed by atoms with van der Waals surface area (Å²) in [6.45, 7) is 7.57. The molecule has 0 aromatic carbocycles. The summed E-state index contributed by atoms with van der Waals surface area (Å²) in [5, 5.41) is 13.8. The van der Waals surface area contributed by atoms with Gasteiger partial charge in [-0.2, -0.15) is 0 Å². The van der Waals surface area contributed by atoms with Crippen LogP contribution in [0.2, 0.25) is 0 Å². The maximum Gasteiger partial charge on any atom is 0.407 e. The number of amides is 1. The zero-order valence-electron chi connectivity index (χ0n) is 10.2. The van der Waals surface area contributed by atoms with Crippen LogP contribution in [-0.2, 0) is 9.53 Å². The van der Waals surface area contributed by atoms with Gasteiger partial charge in [-0.05, 0) is 27.7 Å². The molecule has 1 atom stereocenters. The van der Waals surface area contributed by atoms with Crippen LogP contribution >= 0.6 is 0 Å². The second-order valence-electron chi connectivity index (χ2n) is 4.44. The average Bonchev–Trinajstić information content (AvgIpc) is 2.08. The van der Waals surface area contributed by atoms with Gasteiger partial charge in [0.1, 0.15) is 11.6 Å². The Labute approximate surface area is 95.4 Å². The Kier molecular flexibility index (Phi) is 5.81. The van der Waals surface area contributed by atoms with Crippen LogP contribution in [0.15, 0.2) is 0 Å². The molecule has 0 aromatic heterocycles. The van der Waals surface area contributed by atoms with Gasteiger partial charge in [-0.25, -0.2) is 4.79 Å². The van der Waals surface area contributed by atoms with Gasteiger partial charge in [0, 0.05) is 13.1 Å². The molecule has 3 N–H and O–H groups in total. The van der Waals surface area contributed by atoms with Crippen molar-refractivity contribution in [3.8, 4) is 0 Å². The fourth-order valence-corrected chi connectivity index (χ4v) is 0.855. The van der Waals surface area contributed by atoms with Crippen molar-refractivity contribution >= 4 is 12.1 Å². The van der Waals surface area contributed by atoms with Gasteiger partial charge in [-0.3, -0.25) is 4.79 Å². The van der Waals surface area contributed by atoms with Crippen molar-refractivity contribution in [2.75, 3.05) is 13.1 Å². The van der Waals surface area contributed by atoms with Crippen molar-refractivity contribution in [2.45, 2.75) is 39.3 Å². The van der Waals surface area contributed by atoms with Crippen molar-refractivity contribution in [3.05, 3.63) is 0 Å². The molecular weight excluding hydrogens is 212 g/mol. The van der Waals surface area contributed by atoms with Gasteiger partial charge >= 0.3 is 12.1 Å². The molecule has 6 heteroatoms. The van der Waals surface area contributed by atoms with Gasteiger partial charge < -0.3 is 20.5 Å². The first-order valence-corrected chi connectivity index (χ1v) is 5.15. The number of carboxylic acid groups (broad SMARTS) is 1. The summed E-state index contributed by atoms with van der Waals surface area (Å²) in [6, 6.07) is -0.625. The van der Waals surface area contributed by atoms with E-state index in [9.17, 15) is 9.59 Å². The van der Waals surface area contributed by atoms with E-state index in [0.717, 1.165) is 0 Å². The van der Waals surface area contributed by atoms with E-state index in [1.807, 2.05) is 0 Å². The van der Waals surface area contributed by atoms with Gasteiger partial charge in [0.2, 0.25) is 0 Å². The molecule has 0 rings (SSSR count). The lowest BCUT2D eigenvalue weighted by atomic mass is 10.2. The monoisotopic (exact) mass is 232 g/mol. The van der Waals surface area contributed by atoms with Gasteiger partial charge in [-0.1, -0.05) is 0 Å². The zero-order chi connectivity index (χ0) is 12.8. The first-order chi connectivity index (χ1) is 7.22. The van der Waals surface area contributed by atoms with E-state index < -0.39 is 23.7 Å². The van der Waals surface area contributed by atoms with Crippen molar-refractivity contribution < 1.29 is 19.4 Å². The first kappa shape index (κ1) is 14.7. The molecule has 0 fully saturated rings. The lowest BCUT2D eigenvalue weighted by Crippen LogP contribution is -2.40. The Balaban J connectivity index is 3.60. The van der Waals surface area contributed by atoms with E-state index in [1.54, 1.807) is 20.8 Å². The highest BCUT2D eigenvalue weighted by molar-refractivity contribution is 5.72. The van der Waals surface area contributed by atoms with Crippen LogP contribution in [0.3, 0.4) is 0 Å². The SMILES string of the molecule is C[C@H](NCCNC(=O)OC(C)(C)C)C(=O)O. The summed E-state index contributed by atoms with van der Waals surface area (Å²) in [5.74, 6) is -0.919. The lowest BCUT2D eigenvalue weighted by Gasteiger charge is -2.19. The highest BCUT2D eigenvalue weighted by Crippen LogP contribution is 2.05. The third-order valence-electron chi connectivity index (χ3n) is 1.61. The van der Waals surface area contributed by atoms with Crippen molar-refractivity contribution in [2.24, 2.45) is 0 Å². The molecule has 0 heterocycles. The molecule has 0 aromatic rings. The number of nitrogens with one attached hydrogen (secondary N) is 2. The second-order valence-corrected chi connectivity index (χ2v) is 4.44. The molecule has 6 nitrogen and oxygen atoms in total. The van der Waals surface area contributed by atoms with E-state index in [4.69, 9.17) is 9.84 Å². The Bertz CT molecular complexity index is 248. The van der Waals surface area contributed by atoms with Crippen LogP contribution in [0.4, 0.5) is 4.79 Å². The average molecular weight is 232 g/mol. The quantitative estimate of drug-likeness (QED) is 0.603. The third kappa shape index (κ3) is 8.05. The maximum atomic E-state index is 11.2. The number of carbonyl (C=O) groups is 2. The molecule has 94 valence electrons. The number of carboxylic acids is 1. The van der Waals surface area contributed by atoms with Gasteiger partial charge in [0.25, 0.3) is 0 Å². The van der Waals surface area contributed by atoms with Crippen LogP contribution in [0.25, 0.3) is 0 Å². The fourth-order valence-electron chi connectivity index (χ4n) is 0.855. The first-order valence-electron chi connectivity index (χ1n) is 5.15. The normalized spacial score (nSPS) is 13.0. The summed E-state index contributed by atoms with van der Waals surface area (Å²) in [5.41, 5.74) is -0.522. The third-order valence-corrected chi connectivity index (χ3v) is 1.61. The topological polar surface area (TPSA) is 87.7 Å². The van der Waals surface area contributed by atoms with E-state index in [2.05, 4.69) is 10.6 Å². The minimum atomic E-state index is -0.919. The minimum absolute atomic E-state index is 0.326. The van der Waals surface area contributed by atoms with E-state index in [1.165, 1.54) is 6.92 Å². The van der Waals surface area contributed by atoms with Crippen LogP contribution in [0, 0.1) is 0 Å². The minimum Gasteiger partial charge on any atom is -0.480 e. The van der Waals surface area contributed by atoms with E-state index in [-0.39, 0.29) is 0 Å². The molecule has 0 saturated heterocycles. The Morgan fingerprint density at radius 1 is 1.31 bits per heavy atom. The molecule has 0 bridgehead atoms. The van der Waals surface area contributed by atoms with E-state index in [0.29, 0.717) is 13.1 Å². The molecular formula is C10H20N2O4. The summed E-state index contributed by atoms with van der Waals surface area (Å²) in [7, 11) is 0. The Morgan fingerprint density at radius 2 is 1.88 bits per heavy atom. The standard InChI is InChI=1S/C10H20N2O4/c1-7(8(13)14)11-5-6-12-9(15)16-10(2,3)4/h7,11H,5-6H2,1-4H3,(H,12,15)(H,13,14)/t7-/m0/s1. The second kappa shape index (κ2) is 6.32. The van der Waals surface area contributed by atoms with Gasteiger partial charge in [0.05, 0.1) is 0 Å². The number of alkyl carbamates (subject to hydrolysis) is 1. The molecule has 0 spiro atoms.